The Bertz CT molecular complexity index is 466. The minimum atomic E-state index is 0. The third-order valence-corrected chi connectivity index (χ3v) is 6.78. The number of nitrogens with two attached hydrogens (primary N) is 1. The summed E-state index contributed by atoms with van der Waals surface area (Å²) >= 11 is 0. The predicted molar refractivity (Wildman–Crippen MR) is 111 cm³/mol. The van der Waals surface area contributed by atoms with Crippen molar-refractivity contribution in [2.75, 3.05) is 0 Å². The lowest BCUT2D eigenvalue weighted by Crippen LogP contribution is -2.45. The SMILES string of the molecule is Cl.NC1CCC(NC(=O)C2CCC(NC(=O)CC3CCCCC3)CC2)CC1. The van der Waals surface area contributed by atoms with Crippen LogP contribution in [0.1, 0.15) is 89.9 Å². The van der Waals surface area contributed by atoms with Crippen LogP contribution in [-0.4, -0.2) is 29.9 Å². The molecule has 0 aromatic heterocycles. The van der Waals surface area contributed by atoms with Crippen LogP contribution in [0.2, 0.25) is 0 Å². The highest BCUT2D eigenvalue weighted by atomic mass is 35.5. The van der Waals surface area contributed by atoms with Gasteiger partial charge in [0.25, 0.3) is 0 Å². The molecular formula is C21H38ClN3O2. The van der Waals surface area contributed by atoms with Crippen LogP contribution in [0.5, 0.6) is 0 Å². The molecule has 0 unspecified atom stereocenters. The third-order valence-electron chi connectivity index (χ3n) is 6.78. The van der Waals surface area contributed by atoms with Crippen molar-refractivity contribution >= 4 is 24.2 Å². The number of amides is 2. The lowest BCUT2D eigenvalue weighted by Gasteiger charge is -2.32. The molecule has 0 atom stereocenters. The highest BCUT2D eigenvalue weighted by Crippen LogP contribution is 2.28. The Morgan fingerprint density at radius 2 is 1.30 bits per heavy atom. The normalized spacial score (nSPS) is 32.2. The van der Waals surface area contributed by atoms with Gasteiger partial charge in [-0.25, -0.2) is 0 Å². The van der Waals surface area contributed by atoms with Gasteiger partial charge in [-0.1, -0.05) is 19.3 Å². The molecule has 3 rings (SSSR count). The van der Waals surface area contributed by atoms with Crippen LogP contribution in [0.3, 0.4) is 0 Å². The molecule has 0 aromatic carbocycles. The summed E-state index contributed by atoms with van der Waals surface area (Å²) in [4.78, 5) is 24.8. The van der Waals surface area contributed by atoms with Crippen molar-refractivity contribution in [2.24, 2.45) is 17.6 Å². The van der Waals surface area contributed by atoms with E-state index in [0.717, 1.165) is 51.4 Å². The Morgan fingerprint density at radius 3 is 1.93 bits per heavy atom. The standard InChI is InChI=1S/C21H37N3O2.ClH/c22-17-8-12-19(13-9-17)24-21(26)16-6-10-18(11-7-16)23-20(25)14-15-4-2-1-3-5-15;/h15-19H,1-14,22H2,(H,23,25)(H,24,26);1H. The summed E-state index contributed by atoms with van der Waals surface area (Å²) in [5, 5.41) is 6.46. The van der Waals surface area contributed by atoms with Crippen LogP contribution in [0, 0.1) is 11.8 Å². The van der Waals surface area contributed by atoms with E-state index in [1.54, 1.807) is 0 Å². The molecule has 3 aliphatic rings. The van der Waals surface area contributed by atoms with Gasteiger partial charge < -0.3 is 16.4 Å². The Balaban J connectivity index is 0.00000261. The molecule has 3 saturated carbocycles. The van der Waals surface area contributed by atoms with E-state index in [1.807, 2.05) is 0 Å². The van der Waals surface area contributed by atoms with Crippen LogP contribution >= 0.6 is 12.4 Å². The zero-order valence-electron chi connectivity index (χ0n) is 16.6. The van der Waals surface area contributed by atoms with Gasteiger partial charge in [0.2, 0.25) is 11.8 Å². The quantitative estimate of drug-likeness (QED) is 0.662. The van der Waals surface area contributed by atoms with E-state index in [4.69, 9.17) is 5.73 Å². The number of halogens is 1. The first-order valence-electron chi connectivity index (χ1n) is 11.0. The van der Waals surface area contributed by atoms with Crippen LogP contribution in [0.15, 0.2) is 0 Å². The molecule has 0 spiro atoms. The topological polar surface area (TPSA) is 84.2 Å². The van der Waals surface area contributed by atoms with Crippen molar-refractivity contribution in [1.82, 2.24) is 10.6 Å². The van der Waals surface area contributed by atoms with Gasteiger partial charge in [-0.05, 0) is 70.1 Å². The Morgan fingerprint density at radius 1 is 0.741 bits per heavy atom. The second-order valence-electron chi connectivity index (χ2n) is 8.94. The van der Waals surface area contributed by atoms with Gasteiger partial charge in [-0.2, -0.15) is 0 Å². The highest BCUT2D eigenvalue weighted by Gasteiger charge is 2.29. The first kappa shape index (κ1) is 22.5. The summed E-state index contributed by atoms with van der Waals surface area (Å²) in [5.41, 5.74) is 5.94. The minimum absolute atomic E-state index is 0. The van der Waals surface area contributed by atoms with E-state index in [-0.39, 0.29) is 36.2 Å². The molecule has 0 bridgehead atoms. The van der Waals surface area contributed by atoms with E-state index < -0.39 is 0 Å². The van der Waals surface area contributed by atoms with Gasteiger partial charge >= 0.3 is 0 Å². The van der Waals surface area contributed by atoms with Crippen LogP contribution in [0.25, 0.3) is 0 Å². The largest absolute Gasteiger partial charge is 0.353 e. The molecule has 3 aliphatic carbocycles. The molecule has 0 aromatic rings. The van der Waals surface area contributed by atoms with Crippen molar-refractivity contribution in [3.8, 4) is 0 Å². The summed E-state index contributed by atoms with van der Waals surface area (Å²) in [5.74, 6) is 1.16. The maximum atomic E-state index is 12.5. The average Bonchev–Trinajstić information content (AvgIpc) is 2.65. The number of hydrogen-bond donors (Lipinski definition) is 3. The zero-order chi connectivity index (χ0) is 18.4. The molecular weight excluding hydrogens is 362 g/mol. The number of carbonyl (C=O) groups excluding carboxylic acids is 2. The molecule has 3 fully saturated rings. The van der Waals surface area contributed by atoms with Crippen molar-refractivity contribution < 1.29 is 9.59 Å². The van der Waals surface area contributed by atoms with Crippen LogP contribution in [-0.2, 0) is 9.59 Å². The Labute approximate surface area is 170 Å². The van der Waals surface area contributed by atoms with Gasteiger partial charge in [0.15, 0.2) is 0 Å². The number of nitrogens with one attached hydrogen (secondary N) is 2. The lowest BCUT2D eigenvalue weighted by molar-refractivity contribution is -0.127. The molecule has 0 saturated heterocycles. The molecule has 2 amide bonds. The van der Waals surface area contributed by atoms with Gasteiger partial charge in [0.05, 0.1) is 0 Å². The van der Waals surface area contributed by atoms with Crippen molar-refractivity contribution in [3.63, 3.8) is 0 Å². The molecule has 27 heavy (non-hydrogen) atoms. The number of carbonyl (C=O) groups is 2. The fourth-order valence-electron chi connectivity index (χ4n) is 5.02. The van der Waals surface area contributed by atoms with Gasteiger partial charge in [0.1, 0.15) is 0 Å². The van der Waals surface area contributed by atoms with Crippen molar-refractivity contribution in [2.45, 2.75) is 108 Å². The summed E-state index contributed by atoms with van der Waals surface area (Å²) in [7, 11) is 0. The van der Waals surface area contributed by atoms with Crippen molar-refractivity contribution in [1.29, 1.82) is 0 Å². The summed E-state index contributed by atoms with van der Waals surface area (Å²) in [6, 6.07) is 0.897. The van der Waals surface area contributed by atoms with E-state index in [0.29, 0.717) is 24.4 Å². The second kappa shape index (κ2) is 11.3. The van der Waals surface area contributed by atoms with E-state index in [2.05, 4.69) is 10.6 Å². The third kappa shape index (κ3) is 7.26. The van der Waals surface area contributed by atoms with Gasteiger partial charge in [-0.15, -0.1) is 12.4 Å². The first-order chi connectivity index (χ1) is 12.6. The Hall–Kier alpha value is -0.810. The fraction of sp³-hybridized carbons (Fsp3) is 0.905. The van der Waals surface area contributed by atoms with Crippen molar-refractivity contribution in [3.05, 3.63) is 0 Å². The molecule has 0 radical (unpaired) electrons. The predicted octanol–water partition coefficient (Wildman–Crippen LogP) is 3.44. The fourth-order valence-corrected chi connectivity index (χ4v) is 5.02. The van der Waals surface area contributed by atoms with Crippen LogP contribution in [0.4, 0.5) is 0 Å². The minimum Gasteiger partial charge on any atom is -0.353 e. The van der Waals surface area contributed by atoms with E-state index in [9.17, 15) is 9.59 Å². The summed E-state index contributed by atoms with van der Waals surface area (Å²) < 4.78 is 0. The monoisotopic (exact) mass is 399 g/mol. The lowest BCUT2D eigenvalue weighted by atomic mass is 9.84. The summed E-state index contributed by atoms with van der Waals surface area (Å²) in [6.07, 6.45) is 14.7. The maximum absolute atomic E-state index is 12.5. The highest BCUT2D eigenvalue weighted by molar-refractivity contribution is 5.85. The van der Waals surface area contributed by atoms with E-state index >= 15 is 0 Å². The first-order valence-corrected chi connectivity index (χ1v) is 11.0. The van der Waals surface area contributed by atoms with Gasteiger partial charge in [0, 0.05) is 30.5 Å². The van der Waals surface area contributed by atoms with Crippen LogP contribution < -0.4 is 16.4 Å². The molecule has 5 nitrogen and oxygen atoms in total. The Kier molecular flexibility index (Phi) is 9.37. The average molecular weight is 400 g/mol. The molecule has 156 valence electrons. The smallest absolute Gasteiger partial charge is 0.223 e. The zero-order valence-corrected chi connectivity index (χ0v) is 17.4. The number of hydrogen-bond acceptors (Lipinski definition) is 3. The summed E-state index contributed by atoms with van der Waals surface area (Å²) in [6.45, 7) is 0. The molecule has 0 aliphatic heterocycles. The van der Waals surface area contributed by atoms with E-state index in [1.165, 1.54) is 32.1 Å². The van der Waals surface area contributed by atoms with Gasteiger partial charge in [-0.3, -0.25) is 9.59 Å². The molecule has 4 N–H and O–H groups in total. The molecule has 6 heteroatoms. The second-order valence-corrected chi connectivity index (χ2v) is 8.94. The number of rotatable bonds is 5. The molecule has 0 heterocycles. The maximum Gasteiger partial charge on any atom is 0.223 e.